The molecule has 2 amide bonds. The van der Waals surface area contributed by atoms with E-state index in [1.165, 1.54) is 9.83 Å². The molecule has 2 aromatic rings. The number of rotatable bonds is 8. The van der Waals surface area contributed by atoms with Crippen molar-refractivity contribution in [3.05, 3.63) is 29.6 Å². The molecular formula is C18H24FN8O2+. The van der Waals surface area contributed by atoms with Gasteiger partial charge in [-0.3, -0.25) is 9.59 Å². The molecule has 1 aliphatic rings. The minimum Gasteiger partial charge on any atom is -0.340 e. The first kappa shape index (κ1) is 20.4. The number of anilines is 2. The van der Waals surface area contributed by atoms with Crippen LogP contribution in [0.1, 0.15) is 6.42 Å². The number of likely N-dealkylation sites (N-methyl/N-ethyl adjacent to an activating group) is 1. The van der Waals surface area contributed by atoms with Crippen molar-refractivity contribution in [1.29, 1.82) is 5.41 Å². The van der Waals surface area contributed by atoms with Crippen molar-refractivity contribution in [3.8, 4) is 0 Å². The molecule has 0 atom stereocenters. The topological polar surface area (TPSA) is 123 Å². The quantitative estimate of drug-likeness (QED) is 0.401. The fourth-order valence-electron chi connectivity index (χ4n) is 2.89. The number of nitrogens with zero attached hydrogens (tertiary/aromatic N) is 5. The Morgan fingerprint density at radius 2 is 2.21 bits per heavy atom. The van der Waals surface area contributed by atoms with Gasteiger partial charge in [0.15, 0.2) is 5.65 Å². The molecule has 0 bridgehead atoms. The molecule has 0 spiro atoms. The van der Waals surface area contributed by atoms with E-state index in [1.54, 1.807) is 42.2 Å². The molecule has 1 saturated heterocycles. The first-order valence-electron chi connectivity index (χ1n) is 9.26. The molecule has 10 nitrogen and oxygen atoms in total. The van der Waals surface area contributed by atoms with Crippen molar-refractivity contribution >= 4 is 35.3 Å². The highest BCUT2D eigenvalue weighted by Crippen LogP contribution is 2.16. The molecule has 154 valence electrons. The molecule has 0 unspecified atom stereocenters. The van der Waals surface area contributed by atoms with Gasteiger partial charge in [0, 0.05) is 50.8 Å². The number of likely N-dealkylation sites (tertiary alicyclic amines) is 1. The van der Waals surface area contributed by atoms with Gasteiger partial charge in [-0.2, -0.15) is 4.98 Å². The maximum Gasteiger partial charge on any atom is 0.310 e. The predicted octanol–water partition coefficient (Wildman–Crippen LogP) is -0.597. The lowest BCUT2D eigenvalue weighted by Crippen LogP contribution is -2.80. The third kappa shape index (κ3) is 4.24. The smallest absolute Gasteiger partial charge is 0.310 e. The maximum absolute atomic E-state index is 12.7. The number of pyridine rings is 1. The summed E-state index contributed by atoms with van der Waals surface area (Å²) in [5.74, 6) is -0.429. The Morgan fingerprint density at radius 1 is 1.45 bits per heavy atom. The standard InChI is InChI=1S/C18H23FN8O2/c1-21-15(13(11-20)17(29)26-6-3-7-26)16(28)22-12-4-8-27-14(10-12)23-18(24-27)25(2)9-5-19/h4,8,10-11,20-21H,3,5-7,9H2,1-2H3,(H,22,28)/p+1/b15-13+,20-11?. The van der Waals surface area contributed by atoms with Gasteiger partial charge >= 0.3 is 5.91 Å². The number of amides is 2. The van der Waals surface area contributed by atoms with Crippen molar-refractivity contribution in [1.82, 2.24) is 19.5 Å². The molecule has 11 heteroatoms. The maximum atomic E-state index is 12.7. The van der Waals surface area contributed by atoms with E-state index >= 15 is 0 Å². The van der Waals surface area contributed by atoms with Gasteiger partial charge in [-0.15, -0.1) is 5.10 Å². The van der Waals surface area contributed by atoms with E-state index in [2.05, 4.69) is 15.4 Å². The Hall–Kier alpha value is -3.34. The predicted molar refractivity (Wildman–Crippen MR) is 106 cm³/mol. The Bertz CT molecular complexity index is 966. The van der Waals surface area contributed by atoms with Gasteiger partial charge in [-0.05, 0) is 12.5 Å². The van der Waals surface area contributed by atoms with Crippen molar-refractivity contribution in [3.63, 3.8) is 0 Å². The second-order valence-electron chi connectivity index (χ2n) is 6.60. The van der Waals surface area contributed by atoms with Crippen LogP contribution in [-0.2, 0) is 9.59 Å². The Balaban J connectivity index is 1.82. The van der Waals surface area contributed by atoms with E-state index in [0.29, 0.717) is 30.4 Å². The van der Waals surface area contributed by atoms with Crippen LogP contribution in [0.15, 0.2) is 29.6 Å². The summed E-state index contributed by atoms with van der Waals surface area (Å²) in [5.41, 5.74) is 1.15. The Morgan fingerprint density at radius 3 is 2.79 bits per heavy atom. The molecule has 0 aromatic carbocycles. The van der Waals surface area contributed by atoms with Gasteiger partial charge in [0.25, 0.3) is 5.91 Å². The van der Waals surface area contributed by atoms with Crippen LogP contribution in [0.4, 0.5) is 16.0 Å². The number of alkyl halides is 1. The third-order valence-electron chi connectivity index (χ3n) is 4.69. The fraction of sp³-hybridized carbons (Fsp3) is 0.389. The zero-order valence-corrected chi connectivity index (χ0v) is 16.4. The third-order valence-corrected chi connectivity index (χ3v) is 4.69. The van der Waals surface area contributed by atoms with Crippen LogP contribution in [0.3, 0.4) is 0 Å². The van der Waals surface area contributed by atoms with Crippen LogP contribution >= 0.6 is 0 Å². The zero-order valence-electron chi connectivity index (χ0n) is 16.4. The number of nitrogens with two attached hydrogens (primary N) is 1. The molecule has 3 rings (SSSR count). The molecule has 3 heterocycles. The Kier molecular flexibility index (Phi) is 6.17. The lowest BCUT2D eigenvalue weighted by molar-refractivity contribution is -0.570. The number of hydrogen-bond acceptors (Lipinski definition) is 6. The second kappa shape index (κ2) is 8.78. The van der Waals surface area contributed by atoms with E-state index in [1.807, 2.05) is 0 Å². The monoisotopic (exact) mass is 403 g/mol. The molecular weight excluding hydrogens is 379 g/mol. The zero-order chi connectivity index (χ0) is 21.0. The van der Waals surface area contributed by atoms with Crippen molar-refractivity contribution in [2.75, 3.05) is 50.6 Å². The highest BCUT2D eigenvalue weighted by molar-refractivity contribution is 6.18. The molecule has 1 fully saturated rings. The van der Waals surface area contributed by atoms with Crippen LogP contribution in [0, 0.1) is 5.41 Å². The minimum absolute atomic E-state index is 0.0587. The molecule has 0 saturated carbocycles. The van der Waals surface area contributed by atoms with Gasteiger partial charge in [0.1, 0.15) is 12.2 Å². The number of carbonyl (C=O) groups excluding carboxylic acids is 2. The summed E-state index contributed by atoms with van der Waals surface area (Å²) < 4.78 is 14.1. The average Bonchev–Trinajstić information content (AvgIpc) is 3.08. The van der Waals surface area contributed by atoms with E-state index in [-0.39, 0.29) is 23.7 Å². The summed E-state index contributed by atoms with van der Waals surface area (Å²) in [6, 6.07) is 3.28. The normalized spacial score (nSPS) is 14.2. The SMILES string of the molecule is C[NH2+]/C(C(=O)Nc1ccn2nc(N(C)CCF)nc2c1)=C(\C=N)C(=O)N1CCC1. The van der Waals surface area contributed by atoms with Crippen LogP contribution in [0.2, 0.25) is 0 Å². The highest BCUT2D eigenvalue weighted by Gasteiger charge is 2.29. The van der Waals surface area contributed by atoms with E-state index in [9.17, 15) is 14.0 Å². The van der Waals surface area contributed by atoms with Crippen LogP contribution in [0.5, 0.6) is 0 Å². The molecule has 29 heavy (non-hydrogen) atoms. The first-order valence-corrected chi connectivity index (χ1v) is 9.26. The van der Waals surface area contributed by atoms with Crippen LogP contribution in [0.25, 0.3) is 5.65 Å². The number of halogens is 1. The van der Waals surface area contributed by atoms with Crippen molar-refractivity contribution in [2.45, 2.75) is 6.42 Å². The fourth-order valence-corrected chi connectivity index (χ4v) is 2.89. The molecule has 2 aromatic heterocycles. The highest BCUT2D eigenvalue weighted by atomic mass is 19.1. The summed E-state index contributed by atoms with van der Waals surface area (Å²) in [6.07, 6.45) is 3.48. The molecule has 0 aliphatic carbocycles. The largest absolute Gasteiger partial charge is 0.340 e. The minimum atomic E-state index is -0.512. The van der Waals surface area contributed by atoms with Gasteiger partial charge in [-0.25, -0.2) is 8.91 Å². The van der Waals surface area contributed by atoms with Crippen LogP contribution in [-0.4, -0.2) is 77.9 Å². The van der Waals surface area contributed by atoms with E-state index < -0.39 is 12.6 Å². The summed E-state index contributed by atoms with van der Waals surface area (Å²) in [7, 11) is 3.34. The van der Waals surface area contributed by atoms with E-state index in [4.69, 9.17) is 5.41 Å². The van der Waals surface area contributed by atoms with Crippen molar-refractivity contribution < 1.29 is 19.3 Å². The summed E-state index contributed by atoms with van der Waals surface area (Å²) in [5, 5.41) is 16.1. The summed E-state index contributed by atoms with van der Waals surface area (Å²) in [4.78, 5) is 32.7. The number of fused-ring (bicyclic) bond motifs is 1. The van der Waals surface area contributed by atoms with Crippen molar-refractivity contribution in [2.24, 2.45) is 0 Å². The molecule has 1 aliphatic heterocycles. The summed E-state index contributed by atoms with van der Waals surface area (Å²) >= 11 is 0. The van der Waals surface area contributed by atoms with Gasteiger partial charge in [0.2, 0.25) is 11.6 Å². The number of aromatic nitrogens is 3. The molecule has 0 radical (unpaired) electrons. The summed E-state index contributed by atoms with van der Waals surface area (Å²) in [6.45, 7) is 0.939. The van der Waals surface area contributed by atoms with Gasteiger partial charge in [-0.1, -0.05) is 0 Å². The van der Waals surface area contributed by atoms with Gasteiger partial charge < -0.3 is 25.8 Å². The Labute approximate surface area is 166 Å². The second-order valence-corrected chi connectivity index (χ2v) is 6.60. The average molecular weight is 403 g/mol. The van der Waals surface area contributed by atoms with Gasteiger partial charge in [0.05, 0.1) is 7.05 Å². The number of carbonyl (C=O) groups is 2. The number of quaternary nitrogens is 1. The van der Waals surface area contributed by atoms with Crippen LogP contribution < -0.4 is 15.5 Å². The lowest BCUT2D eigenvalue weighted by atomic mass is 10.1. The van der Waals surface area contributed by atoms with E-state index in [0.717, 1.165) is 12.6 Å². The number of hydrogen-bond donors (Lipinski definition) is 3. The molecule has 4 N–H and O–H groups in total. The number of nitrogens with one attached hydrogen (secondary N) is 2. The first-order chi connectivity index (χ1) is 14.0. The lowest BCUT2D eigenvalue weighted by Gasteiger charge is -2.31.